The van der Waals surface area contributed by atoms with Crippen molar-refractivity contribution in [2.24, 2.45) is 0 Å². The van der Waals surface area contributed by atoms with Crippen LogP contribution in [0.2, 0.25) is 0 Å². The number of benzene rings is 1. The molecule has 0 spiro atoms. The van der Waals surface area contributed by atoms with Gasteiger partial charge in [0.1, 0.15) is 6.61 Å². The molecule has 20 heavy (non-hydrogen) atoms. The lowest BCUT2D eigenvalue weighted by Gasteiger charge is -2.29. The minimum atomic E-state index is -0.318. The highest BCUT2D eigenvalue weighted by Crippen LogP contribution is 2.30. The number of aromatic nitrogens is 4. The number of rotatable bonds is 3. The highest BCUT2D eigenvalue weighted by molar-refractivity contribution is 5.89. The van der Waals surface area contributed by atoms with Crippen molar-refractivity contribution in [3.63, 3.8) is 0 Å². The molecule has 1 atom stereocenters. The zero-order valence-electron chi connectivity index (χ0n) is 10.8. The van der Waals surface area contributed by atoms with Crippen LogP contribution >= 0.6 is 0 Å². The average Bonchev–Trinajstić information content (AvgIpc) is 3.00. The second-order valence-electron chi connectivity index (χ2n) is 4.42. The van der Waals surface area contributed by atoms with Gasteiger partial charge in [0.15, 0.2) is 17.6 Å². The summed E-state index contributed by atoms with van der Waals surface area (Å²) < 4.78 is 11.4. The van der Waals surface area contributed by atoms with Crippen LogP contribution in [0.3, 0.4) is 0 Å². The van der Waals surface area contributed by atoms with Crippen molar-refractivity contribution in [1.29, 1.82) is 0 Å². The first kappa shape index (κ1) is 12.4. The fourth-order valence-corrected chi connectivity index (χ4v) is 1.96. The second kappa shape index (κ2) is 5.16. The zero-order chi connectivity index (χ0) is 13.9. The maximum absolute atomic E-state index is 12.0. The van der Waals surface area contributed by atoms with Crippen LogP contribution in [-0.4, -0.2) is 57.7 Å². The predicted molar refractivity (Wildman–Crippen MR) is 67.5 cm³/mol. The van der Waals surface area contributed by atoms with Crippen LogP contribution in [0.4, 0.5) is 0 Å². The van der Waals surface area contributed by atoms with E-state index in [1.165, 1.54) is 4.90 Å². The maximum Gasteiger partial charge on any atom is 0.295 e. The number of amides is 1. The Hall–Kier alpha value is -2.64. The largest absolute Gasteiger partial charge is 0.486 e. The third kappa shape index (κ3) is 2.40. The SMILES string of the molecule is CN(CC1COc2ccccc2O1)C(=O)c1nn[nH]n1. The van der Waals surface area contributed by atoms with Crippen molar-refractivity contribution in [2.45, 2.75) is 6.10 Å². The second-order valence-corrected chi connectivity index (χ2v) is 4.42. The third-order valence-electron chi connectivity index (χ3n) is 2.93. The molecule has 0 bridgehead atoms. The number of aromatic amines is 1. The van der Waals surface area contributed by atoms with E-state index in [0.29, 0.717) is 18.9 Å². The zero-order valence-corrected chi connectivity index (χ0v) is 10.8. The Bertz CT molecular complexity index is 601. The van der Waals surface area contributed by atoms with Crippen LogP contribution in [0, 0.1) is 0 Å². The van der Waals surface area contributed by atoms with Crippen molar-refractivity contribution >= 4 is 5.91 Å². The summed E-state index contributed by atoms with van der Waals surface area (Å²) in [5.74, 6) is 1.12. The number of para-hydroxylation sites is 2. The number of fused-ring (bicyclic) bond motifs is 1. The van der Waals surface area contributed by atoms with Gasteiger partial charge >= 0.3 is 0 Å². The molecule has 1 aromatic carbocycles. The molecule has 1 amide bonds. The Labute approximate surface area is 114 Å². The number of nitrogens with zero attached hydrogens (tertiary/aromatic N) is 4. The summed E-state index contributed by atoms with van der Waals surface area (Å²) in [7, 11) is 1.66. The molecule has 8 heteroatoms. The minimum absolute atomic E-state index is 0.0321. The van der Waals surface area contributed by atoms with E-state index in [4.69, 9.17) is 9.47 Å². The molecule has 0 saturated carbocycles. The average molecular weight is 275 g/mol. The number of carbonyl (C=O) groups excluding carboxylic acids is 1. The number of nitrogens with one attached hydrogen (secondary N) is 1. The monoisotopic (exact) mass is 275 g/mol. The Morgan fingerprint density at radius 3 is 3.00 bits per heavy atom. The molecule has 1 aromatic heterocycles. The number of hydrogen-bond donors (Lipinski definition) is 1. The van der Waals surface area contributed by atoms with E-state index in [0.717, 1.165) is 5.75 Å². The topological polar surface area (TPSA) is 93.2 Å². The number of ether oxygens (including phenoxy) is 2. The summed E-state index contributed by atoms with van der Waals surface area (Å²) in [6.45, 7) is 0.766. The third-order valence-corrected chi connectivity index (χ3v) is 2.93. The van der Waals surface area contributed by atoms with E-state index in [1.807, 2.05) is 24.3 Å². The van der Waals surface area contributed by atoms with Gasteiger partial charge in [-0.1, -0.05) is 12.1 Å². The van der Waals surface area contributed by atoms with E-state index in [-0.39, 0.29) is 17.8 Å². The minimum Gasteiger partial charge on any atom is -0.486 e. The van der Waals surface area contributed by atoms with Gasteiger partial charge < -0.3 is 14.4 Å². The first-order valence-electron chi connectivity index (χ1n) is 6.11. The van der Waals surface area contributed by atoms with E-state index in [1.54, 1.807) is 7.05 Å². The maximum atomic E-state index is 12.0. The molecule has 1 aliphatic rings. The van der Waals surface area contributed by atoms with Crippen LogP contribution in [0.25, 0.3) is 0 Å². The lowest BCUT2D eigenvalue weighted by atomic mass is 10.2. The molecule has 2 heterocycles. The van der Waals surface area contributed by atoms with Crippen LogP contribution < -0.4 is 9.47 Å². The molecular formula is C12H13N5O3. The smallest absolute Gasteiger partial charge is 0.295 e. The summed E-state index contributed by atoms with van der Waals surface area (Å²) in [5, 5.41) is 12.9. The van der Waals surface area contributed by atoms with Crippen molar-refractivity contribution in [3.05, 3.63) is 30.1 Å². The van der Waals surface area contributed by atoms with Gasteiger partial charge in [-0.05, 0) is 17.3 Å². The van der Waals surface area contributed by atoms with Crippen LogP contribution in [-0.2, 0) is 0 Å². The standard InChI is InChI=1S/C12H13N5O3/c1-17(12(18)11-13-15-16-14-11)6-8-7-19-9-4-2-3-5-10(9)20-8/h2-5,8H,6-7H2,1H3,(H,13,14,15,16). The van der Waals surface area contributed by atoms with Gasteiger partial charge in [-0.3, -0.25) is 4.79 Å². The van der Waals surface area contributed by atoms with Gasteiger partial charge in [0.25, 0.3) is 11.7 Å². The number of H-pyrrole nitrogens is 1. The van der Waals surface area contributed by atoms with E-state index in [2.05, 4.69) is 20.6 Å². The van der Waals surface area contributed by atoms with Crippen LogP contribution in [0.15, 0.2) is 24.3 Å². The highest BCUT2D eigenvalue weighted by atomic mass is 16.6. The molecule has 1 N–H and O–H groups in total. The summed E-state index contributed by atoms with van der Waals surface area (Å²) >= 11 is 0. The Morgan fingerprint density at radius 2 is 2.25 bits per heavy atom. The van der Waals surface area contributed by atoms with Gasteiger partial charge in [0, 0.05) is 7.05 Å². The van der Waals surface area contributed by atoms with Crippen molar-refractivity contribution in [1.82, 2.24) is 25.5 Å². The van der Waals surface area contributed by atoms with Gasteiger partial charge in [0.2, 0.25) is 0 Å². The molecule has 2 aromatic rings. The fourth-order valence-electron chi connectivity index (χ4n) is 1.96. The molecule has 0 aliphatic carbocycles. The van der Waals surface area contributed by atoms with Gasteiger partial charge in [-0.25, -0.2) is 0 Å². The van der Waals surface area contributed by atoms with Crippen molar-refractivity contribution < 1.29 is 14.3 Å². The van der Waals surface area contributed by atoms with E-state index >= 15 is 0 Å². The summed E-state index contributed by atoms with van der Waals surface area (Å²) in [6, 6.07) is 7.44. The normalized spacial score (nSPS) is 16.8. The van der Waals surface area contributed by atoms with Crippen molar-refractivity contribution in [2.75, 3.05) is 20.2 Å². The number of carbonyl (C=O) groups is 1. The van der Waals surface area contributed by atoms with Gasteiger partial charge in [0.05, 0.1) is 6.54 Å². The molecule has 3 rings (SSSR count). The fraction of sp³-hybridized carbons (Fsp3) is 0.333. The van der Waals surface area contributed by atoms with E-state index in [9.17, 15) is 4.79 Å². The molecule has 0 saturated heterocycles. The Balaban J connectivity index is 1.63. The van der Waals surface area contributed by atoms with Crippen LogP contribution in [0.1, 0.15) is 10.6 Å². The summed E-state index contributed by atoms with van der Waals surface area (Å²) in [6.07, 6.45) is -0.231. The van der Waals surface area contributed by atoms with Gasteiger partial charge in [-0.15, -0.1) is 10.2 Å². The predicted octanol–water partition coefficient (Wildman–Crippen LogP) is 0.112. The lowest BCUT2D eigenvalue weighted by molar-refractivity contribution is 0.0513. The summed E-state index contributed by atoms with van der Waals surface area (Å²) in [4.78, 5) is 13.4. The molecular weight excluding hydrogens is 262 g/mol. The lowest BCUT2D eigenvalue weighted by Crippen LogP contribution is -2.42. The molecule has 0 radical (unpaired) electrons. The first-order valence-corrected chi connectivity index (χ1v) is 6.11. The molecule has 8 nitrogen and oxygen atoms in total. The van der Waals surface area contributed by atoms with Gasteiger partial charge in [-0.2, -0.15) is 5.21 Å². The number of tetrazole rings is 1. The van der Waals surface area contributed by atoms with E-state index < -0.39 is 0 Å². The summed E-state index contributed by atoms with van der Waals surface area (Å²) in [5.41, 5.74) is 0. The molecule has 0 fully saturated rings. The first-order chi connectivity index (χ1) is 9.74. The van der Waals surface area contributed by atoms with Crippen LogP contribution in [0.5, 0.6) is 11.5 Å². The Kier molecular flexibility index (Phi) is 3.20. The molecule has 104 valence electrons. The molecule has 1 aliphatic heterocycles. The number of likely N-dealkylation sites (N-methyl/N-ethyl adjacent to an activating group) is 1. The highest BCUT2D eigenvalue weighted by Gasteiger charge is 2.25. The quantitative estimate of drug-likeness (QED) is 0.854. The van der Waals surface area contributed by atoms with Crippen molar-refractivity contribution in [3.8, 4) is 11.5 Å². The number of hydrogen-bond acceptors (Lipinski definition) is 6. The Morgan fingerprint density at radius 1 is 1.45 bits per heavy atom. The molecule has 1 unspecified atom stereocenters.